The van der Waals surface area contributed by atoms with Crippen LogP contribution in [0.5, 0.6) is 0 Å². The quantitative estimate of drug-likeness (QED) is 0.471. The van der Waals surface area contributed by atoms with Gasteiger partial charge in [-0.25, -0.2) is 0 Å². The fraction of sp³-hybridized carbons (Fsp3) is 0.474. The fourth-order valence-electron chi connectivity index (χ4n) is 3.02. The number of benzene rings is 1. The van der Waals surface area contributed by atoms with E-state index in [1.807, 2.05) is 24.3 Å². The average molecular weight is 395 g/mol. The molecule has 0 aliphatic rings. The van der Waals surface area contributed by atoms with E-state index in [0.717, 1.165) is 10.9 Å². The first kappa shape index (κ1) is 21.4. The van der Waals surface area contributed by atoms with Crippen molar-refractivity contribution < 1.29 is 27.9 Å². The molecule has 0 unspecified atom stereocenters. The lowest BCUT2D eigenvalue weighted by molar-refractivity contribution is -0.143. The van der Waals surface area contributed by atoms with Crippen LogP contribution in [-0.4, -0.2) is 41.9 Å². The lowest BCUT2D eigenvalue weighted by Gasteiger charge is -2.24. The molecule has 0 bridgehead atoms. The molecule has 0 fully saturated rings. The smallest absolute Gasteiger partial charge is 0.345 e. The third-order valence-corrected chi connectivity index (χ3v) is 6.50. The van der Waals surface area contributed by atoms with Gasteiger partial charge in [-0.1, -0.05) is 18.2 Å². The summed E-state index contributed by atoms with van der Waals surface area (Å²) < 4.78 is 30.7. The summed E-state index contributed by atoms with van der Waals surface area (Å²) in [6.07, 6.45) is 1.75. The summed E-state index contributed by atoms with van der Waals surface area (Å²) in [6, 6.07) is 7.36. The van der Waals surface area contributed by atoms with Crippen molar-refractivity contribution in [3.63, 3.8) is 0 Å². The molecule has 0 spiro atoms. The van der Waals surface area contributed by atoms with Gasteiger partial charge < -0.3 is 13.8 Å². The first-order chi connectivity index (χ1) is 12.9. The van der Waals surface area contributed by atoms with Crippen LogP contribution in [0.25, 0.3) is 10.9 Å². The van der Waals surface area contributed by atoms with Crippen molar-refractivity contribution in [2.75, 3.05) is 19.8 Å². The van der Waals surface area contributed by atoms with Crippen molar-refractivity contribution in [3.8, 4) is 0 Å². The molecule has 27 heavy (non-hydrogen) atoms. The van der Waals surface area contributed by atoms with Crippen molar-refractivity contribution >= 4 is 30.4 Å². The van der Waals surface area contributed by atoms with Gasteiger partial charge in [0.1, 0.15) is 0 Å². The lowest BCUT2D eigenvalue weighted by Crippen LogP contribution is -2.28. The minimum atomic E-state index is -3.74. The van der Waals surface area contributed by atoms with Crippen LogP contribution < -0.4 is 0 Å². The Kier molecular flexibility index (Phi) is 7.36. The molecule has 0 saturated carbocycles. The number of aromatic nitrogens is 1. The predicted molar refractivity (Wildman–Crippen MR) is 103 cm³/mol. The van der Waals surface area contributed by atoms with E-state index in [4.69, 9.17) is 13.8 Å². The van der Waals surface area contributed by atoms with Gasteiger partial charge in [-0.2, -0.15) is 0 Å². The fourth-order valence-corrected chi connectivity index (χ4v) is 4.93. The first-order valence-corrected chi connectivity index (χ1v) is 10.6. The number of rotatable bonds is 9. The van der Waals surface area contributed by atoms with E-state index in [9.17, 15) is 14.2 Å². The summed E-state index contributed by atoms with van der Waals surface area (Å²) in [5.74, 6) is -0.787. The molecule has 148 valence electrons. The number of carbonyl (C=O) groups excluding carboxylic acids is 2. The predicted octanol–water partition coefficient (Wildman–Crippen LogP) is 4.04. The molecule has 0 aliphatic carbocycles. The molecule has 8 heteroatoms. The second kappa shape index (κ2) is 9.31. The Morgan fingerprint density at radius 3 is 2.26 bits per heavy atom. The SMILES string of the molecule is CCOC(=O)[C@H](Cc1cn(C(C)=O)c2ccccc12)P(=O)(OCC)OCC. The number of carbonyl (C=O) groups is 2. The van der Waals surface area contributed by atoms with Gasteiger partial charge in [0.05, 0.1) is 25.3 Å². The van der Waals surface area contributed by atoms with Crippen molar-refractivity contribution in [1.82, 2.24) is 4.57 Å². The van der Waals surface area contributed by atoms with Gasteiger partial charge in [-0.05, 0) is 38.8 Å². The van der Waals surface area contributed by atoms with Crippen LogP contribution in [0.4, 0.5) is 0 Å². The van der Waals surface area contributed by atoms with E-state index in [2.05, 4.69) is 0 Å². The van der Waals surface area contributed by atoms with Gasteiger partial charge in [0.2, 0.25) is 5.91 Å². The second-order valence-electron chi connectivity index (χ2n) is 5.91. The first-order valence-electron chi connectivity index (χ1n) is 9.03. The van der Waals surface area contributed by atoms with Crippen LogP contribution in [-0.2, 0) is 29.6 Å². The summed E-state index contributed by atoms with van der Waals surface area (Å²) in [6.45, 7) is 6.96. The van der Waals surface area contributed by atoms with Crippen LogP contribution in [0.3, 0.4) is 0 Å². The van der Waals surface area contributed by atoms with E-state index in [1.54, 1.807) is 27.0 Å². The lowest BCUT2D eigenvalue weighted by atomic mass is 10.1. The molecular weight excluding hydrogens is 369 g/mol. The highest BCUT2D eigenvalue weighted by Crippen LogP contribution is 2.54. The zero-order valence-corrected chi connectivity index (χ0v) is 17.0. The molecule has 0 radical (unpaired) electrons. The summed E-state index contributed by atoms with van der Waals surface area (Å²) in [5, 5.41) is 0.807. The van der Waals surface area contributed by atoms with Crippen molar-refractivity contribution in [2.24, 2.45) is 0 Å². The van der Waals surface area contributed by atoms with Crippen molar-refractivity contribution in [3.05, 3.63) is 36.0 Å². The van der Waals surface area contributed by atoms with Crippen LogP contribution in [0.2, 0.25) is 0 Å². The molecule has 0 amide bonds. The van der Waals surface area contributed by atoms with E-state index < -0.39 is 19.2 Å². The molecule has 0 aliphatic heterocycles. The van der Waals surface area contributed by atoms with Crippen molar-refractivity contribution in [2.45, 2.75) is 39.8 Å². The Hall–Kier alpha value is -1.95. The summed E-state index contributed by atoms with van der Waals surface area (Å²) in [7, 11) is -3.74. The highest BCUT2D eigenvalue weighted by Gasteiger charge is 2.42. The molecule has 0 saturated heterocycles. The summed E-state index contributed by atoms with van der Waals surface area (Å²) in [5.41, 5.74) is 0.326. The standard InChI is InChI=1S/C19H26NO6P/c1-5-24-19(22)18(27(23,25-6-2)26-7-3)12-15-13-20(14(4)21)17-11-9-8-10-16(15)17/h8-11,13,18H,5-7,12H2,1-4H3/t18-/m0/s1. The van der Waals surface area contributed by atoms with Gasteiger partial charge >= 0.3 is 13.6 Å². The Labute approximate surface area is 159 Å². The molecule has 0 N–H and O–H groups in total. The number of fused-ring (bicyclic) bond motifs is 1. The number of esters is 1. The molecule has 1 atom stereocenters. The number of para-hydroxylation sites is 1. The Morgan fingerprint density at radius 2 is 1.70 bits per heavy atom. The molecular formula is C19H26NO6P. The third kappa shape index (κ3) is 4.67. The van der Waals surface area contributed by atoms with E-state index in [0.29, 0.717) is 5.56 Å². The molecule has 2 rings (SSSR count). The maximum atomic E-state index is 13.3. The zero-order chi connectivity index (χ0) is 20.0. The molecule has 1 heterocycles. The highest BCUT2D eigenvalue weighted by atomic mass is 31.2. The van der Waals surface area contributed by atoms with E-state index in [-0.39, 0.29) is 32.1 Å². The van der Waals surface area contributed by atoms with Gasteiger partial charge in [0.15, 0.2) is 5.66 Å². The minimum absolute atomic E-state index is 0.0803. The molecule has 7 nitrogen and oxygen atoms in total. The number of nitrogens with zero attached hydrogens (tertiary/aromatic N) is 1. The van der Waals surface area contributed by atoms with Gasteiger partial charge in [0, 0.05) is 18.5 Å². The summed E-state index contributed by atoms with van der Waals surface area (Å²) >= 11 is 0. The zero-order valence-electron chi connectivity index (χ0n) is 16.1. The Morgan fingerprint density at radius 1 is 1.07 bits per heavy atom. The molecule has 2 aromatic rings. The monoisotopic (exact) mass is 395 g/mol. The normalized spacial score (nSPS) is 12.9. The molecule has 1 aromatic heterocycles. The van der Waals surface area contributed by atoms with Crippen LogP contribution in [0.15, 0.2) is 30.5 Å². The number of hydrogen-bond acceptors (Lipinski definition) is 6. The second-order valence-corrected chi connectivity index (χ2v) is 8.13. The van der Waals surface area contributed by atoms with Crippen LogP contribution >= 0.6 is 7.60 Å². The van der Waals surface area contributed by atoms with Gasteiger partial charge in [-0.15, -0.1) is 0 Å². The van der Waals surface area contributed by atoms with E-state index >= 15 is 0 Å². The average Bonchev–Trinajstić information content (AvgIpc) is 2.99. The van der Waals surface area contributed by atoms with Crippen LogP contribution in [0.1, 0.15) is 38.1 Å². The topological polar surface area (TPSA) is 83.8 Å². The highest BCUT2D eigenvalue weighted by molar-refractivity contribution is 7.55. The third-order valence-electron chi connectivity index (χ3n) is 4.11. The number of hydrogen-bond donors (Lipinski definition) is 0. The Balaban J connectivity index is 2.53. The number of ether oxygens (including phenoxy) is 1. The van der Waals surface area contributed by atoms with Crippen molar-refractivity contribution in [1.29, 1.82) is 0 Å². The van der Waals surface area contributed by atoms with Gasteiger partial charge in [0.25, 0.3) is 0 Å². The van der Waals surface area contributed by atoms with Gasteiger partial charge in [-0.3, -0.25) is 18.7 Å². The van der Waals surface area contributed by atoms with E-state index in [1.165, 1.54) is 11.5 Å². The van der Waals surface area contributed by atoms with Crippen LogP contribution in [0, 0.1) is 0 Å². The molecule has 1 aromatic carbocycles. The maximum Gasteiger partial charge on any atom is 0.345 e. The largest absolute Gasteiger partial charge is 0.465 e. The summed E-state index contributed by atoms with van der Waals surface area (Å²) in [4.78, 5) is 24.6. The maximum absolute atomic E-state index is 13.3. The Bertz CT molecular complexity index is 849. The minimum Gasteiger partial charge on any atom is -0.465 e.